The molecule has 0 spiro atoms. The van der Waals surface area contributed by atoms with E-state index in [4.69, 9.17) is 0 Å². The Morgan fingerprint density at radius 3 is 2.53 bits per heavy atom. The number of anilines is 1. The number of hydrogen-bond acceptors (Lipinski definition) is 2. The van der Waals surface area contributed by atoms with Gasteiger partial charge < -0.3 is 10.0 Å². The van der Waals surface area contributed by atoms with Gasteiger partial charge in [-0.25, -0.2) is 0 Å². The number of amides is 1. The average molecular weight is 233 g/mol. The molecule has 1 amide bonds. The number of benzene rings is 1. The van der Waals surface area contributed by atoms with Gasteiger partial charge in [0.25, 0.3) is 0 Å². The van der Waals surface area contributed by atoms with Crippen molar-refractivity contribution in [3.05, 3.63) is 29.8 Å². The summed E-state index contributed by atoms with van der Waals surface area (Å²) < 4.78 is 0. The maximum Gasteiger partial charge on any atom is 0.229 e. The molecule has 3 nitrogen and oxygen atoms in total. The quantitative estimate of drug-likeness (QED) is 0.794. The van der Waals surface area contributed by atoms with E-state index in [1.54, 1.807) is 4.90 Å². The van der Waals surface area contributed by atoms with Crippen LogP contribution in [0.3, 0.4) is 0 Å². The minimum absolute atomic E-state index is 0.00747. The number of nitrogens with zero attached hydrogens (tertiary/aromatic N) is 1. The van der Waals surface area contributed by atoms with E-state index in [1.165, 1.54) is 0 Å². The second-order valence-electron chi connectivity index (χ2n) is 5.57. The number of hydrogen-bond donors (Lipinski definition) is 1. The van der Waals surface area contributed by atoms with Crippen molar-refractivity contribution in [3.8, 4) is 0 Å². The molecule has 0 saturated carbocycles. The van der Waals surface area contributed by atoms with E-state index in [0.717, 1.165) is 11.3 Å². The van der Waals surface area contributed by atoms with Crippen molar-refractivity contribution >= 4 is 11.6 Å². The van der Waals surface area contributed by atoms with E-state index in [9.17, 15) is 9.90 Å². The van der Waals surface area contributed by atoms with Gasteiger partial charge >= 0.3 is 0 Å². The van der Waals surface area contributed by atoms with Gasteiger partial charge in [-0.1, -0.05) is 39.0 Å². The molecular weight excluding hydrogens is 214 g/mol. The molecule has 1 aliphatic heterocycles. The summed E-state index contributed by atoms with van der Waals surface area (Å²) in [7, 11) is 0. The van der Waals surface area contributed by atoms with Crippen LogP contribution < -0.4 is 4.90 Å². The highest BCUT2D eigenvalue weighted by Crippen LogP contribution is 2.36. The predicted molar refractivity (Wildman–Crippen MR) is 68.1 cm³/mol. The summed E-state index contributed by atoms with van der Waals surface area (Å²) in [5, 5.41) is 9.24. The van der Waals surface area contributed by atoms with Crippen molar-refractivity contribution in [2.75, 3.05) is 11.5 Å². The molecule has 17 heavy (non-hydrogen) atoms. The van der Waals surface area contributed by atoms with Crippen LogP contribution in [0, 0.1) is 0 Å². The monoisotopic (exact) mass is 233 g/mol. The topological polar surface area (TPSA) is 40.5 Å². The molecular formula is C14H19NO2. The van der Waals surface area contributed by atoms with Gasteiger partial charge in [-0.2, -0.15) is 0 Å². The lowest BCUT2D eigenvalue weighted by Crippen LogP contribution is -2.55. The highest BCUT2D eigenvalue weighted by molar-refractivity contribution is 6.01. The Hall–Kier alpha value is -1.35. The number of carbonyl (C=O) groups is 1. The van der Waals surface area contributed by atoms with Crippen LogP contribution >= 0.6 is 0 Å². The first kappa shape index (κ1) is 12.1. The zero-order chi connectivity index (χ0) is 12.6. The lowest BCUT2D eigenvalue weighted by Gasteiger charge is -2.41. The zero-order valence-corrected chi connectivity index (χ0v) is 10.6. The molecule has 92 valence electrons. The standard InChI is InChI=1S/C14H19NO2/c1-14(2,3)11-6-4-5-7-12(11)15-10(9-16)8-13(15)17/h4-7,10,16H,8-9H2,1-3H3. The van der Waals surface area contributed by atoms with Gasteiger partial charge in [0.2, 0.25) is 5.91 Å². The first-order valence-corrected chi connectivity index (χ1v) is 5.97. The number of rotatable bonds is 2. The van der Waals surface area contributed by atoms with Crippen molar-refractivity contribution in [2.45, 2.75) is 38.6 Å². The van der Waals surface area contributed by atoms with Crippen LogP contribution in [0.25, 0.3) is 0 Å². The summed E-state index contributed by atoms with van der Waals surface area (Å²) in [6.07, 6.45) is 0.453. The molecule has 2 rings (SSSR count). The lowest BCUT2D eigenvalue weighted by molar-refractivity contribution is -0.124. The minimum atomic E-state index is -0.0500. The summed E-state index contributed by atoms with van der Waals surface area (Å²) in [4.78, 5) is 13.4. The number of carbonyl (C=O) groups excluding carboxylic acids is 1. The number of β-lactam (4-membered cyclic amide) rings is 1. The first-order valence-electron chi connectivity index (χ1n) is 5.97. The molecule has 1 aromatic carbocycles. The van der Waals surface area contributed by atoms with Crippen LogP contribution in [0.1, 0.15) is 32.8 Å². The third-order valence-electron chi connectivity index (χ3n) is 3.23. The molecule has 1 fully saturated rings. The van der Waals surface area contributed by atoms with Crippen LogP contribution in [0.15, 0.2) is 24.3 Å². The fourth-order valence-corrected chi connectivity index (χ4v) is 2.28. The molecule has 1 heterocycles. The maximum absolute atomic E-state index is 11.7. The molecule has 1 unspecified atom stereocenters. The average Bonchev–Trinajstić information content (AvgIpc) is 2.25. The van der Waals surface area contributed by atoms with Crippen LogP contribution in [0.5, 0.6) is 0 Å². The molecule has 0 radical (unpaired) electrons. The summed E-state index contributed by atoms with van der Waals surface area (Å²) in [5.41, 5.74) is 2.08. The molecule has 1 atom stereocenters. The second kappa shape index (κ2) is 4.15. The normalized spacial score (nSPS) is 20.4. The van der Waals surface area contributed by atoms with Crippen molar-refractivity contribution in [3.63, 3.8) is 0 Å². The zero-order valence-electron chi connectivity index (χ0n) is 10.6. The van der Waals surface area contributed by atoms with E-state index in [2.05, 4.69) is 26.8 Å². The van der Waals surface area contributed by atoms with Crippen molar-refractivity contribution in [1.82, 2.24) is 0 Å². The van der Waals surface area contributed by atoms with Crippen LogP contribution in [0.2, 0.25) is 0 Å². The van der Waals surface area contributed by atoms with Crippen molar-refractivity contribution < 1.29 is 9.90 Å². The van der Waals surface area contributed by atoms with Crippen LogP contribution in [-0.4, -0.2) is 23.7 Å². The molecule has 1 aliphatic rings. The van der Waals surface area contributed by atoms with Crippen molar-refractivity contribution in [2.24, 2.45) is 0 Å². The first-order chi connectivity index (χ1) is 7.95. The van der Waals surface area contributed by atoms with E-state index < -0.39 is 0 Å². The Bertz CT molecular complexity index is 434. The smallest absolute Gasteiger partial charge is 0.229 e. The Morgan fingerprint density at radius 2 is 2.00 bits per heavy atom. The van der Waals surface area contributed by atoms with Gasteiger partial charge in [0.1, 0.15) is 0 Å². The van der Waals surface area contributed by atoms with Gasteiger partial charge in [0, 0.05) is 5.69 Å². The van der Waals surface area contributed by atoms with E-state index in [0.29, 0.717) is 6.42 Å². The Morgan fingerprint density at radius 1 is 1.35 bits per heavy atom. The fraction of sp³-hybridized carbons (Fsp3) is 0.500. The predicted octanol–water partition coefficient (Wildman–Crippen LogP) is 2.08. The summed E-state index contributed by atoms with van der Waals surface area (Å²) in [6.45, 7) is 6.42. The van der Waals surface area contributed by atoms with Gasteiger partial charge in [-0.15, -0.1) is 0 Å². The van der Waals surface area contributed by atoms with Crippen LogP contribution in [0.4, 0.5) is 5.69 Å². The number of para-hydroxylation sites is 1. The highest BCUT2D eigenvalue weighted by Gasteiger charge is 2.38. The van der Waals surface area contributed by atoms with Gasteiger partial charge in [-0.3, -0.25) is 4.79 Å². The van der Waals surface area contributed by atoms with Gasteiger partial charge in [0.15, 0.2) is 0 Å². The molecule has 0 aliphatic carbocycles. The largest absolute Gasteiger partial charge is 0.394 e. The van der Waals surface area contributed by atoms with Crippen LogP contribution in [-0.2, 0) is 10.2 Å². The Balaban J connectivity index is 2.42. The van der Waals surface area contributed by atoms with Gasteiger partial charge in [0.05, 0.1) is 19.1 Å². The molecule has 0 aromatic heterocycles. The molecule has 3 heteroatoms. The summed E-state index contributed by atoms with van der Waals surface area (Å²) >= 11 is 0. The number of aliphatic hydroxyl groups is 1. The molecule has 1 N–H and O–H groups in total. The third kappa shape index (κ3) is 2.07. The van der Waals surface area contributed by atoms with E-state index in [1.807, 2.05) is 18.2 Å². The summed E-state index contributed by atoms with van der Waals surface area (Å²) in [5.74, 6) is 0.0979. The third-order valence-corrected chi connectivity index (χ3v) is 3.23. The summed E-state index contributed by atoms with van der Waals surface area (Å²) in [6, 6.07) is 7.88. The molecule has 1 aromatic rings. The Labute approximate surface area is 102 Å². The molecule has 1 saturated heterocycles. The van der Waals surface area contributed by atoms with Crippen molar-refractivity contribution in [1.29, 1.82) is 0 Å². The lowest BCUT2D eigenvalue weighted by atomic mass is 9.84. The van der Waals surface area contributed by atoms with E-state index in [-0.39, 0.29) is 24.0 Å². The molecule has 0 bridgehead atoms. The van der Waals surface area contributed by atoms with E-state index >= 15 is 0 Å². The Kier molecular flexibility index (Phi) is 2.96. The van der Waals surface area contributed by atoms with Gasteiger partial charge in [-0.05, 0) is 17.0 Å². The minimum Gasteiger partial charge on any atom is -0.394 e. The fourth-order valence-electron chi connectivity index (χ4n) is 2.28. The maximum atomic E-state index is 11.7. The second-order valence-corrected chi connectivity index (χ2v) is 5.57. The highest BCUT2D eigenvalue weighted by atomic mass is 16.3. The SMILES string of the molecule is CC(C)(C)c1ccccc1N1C(=O)CC1CO. The number of aliphatic hydroxyl groups excluding tert-OH is 1.